The average Bonchev–Trinajstić information content (AvgIpc) is 2.71. The summed E-state index contributed by atoms with van der Waals surface area (Å²) in [6.45, 7) is 6.35. The molecule has 1 aliphatic heterocycles. The molecule has 1 atom stereocenters. The number of aliphatic hydroxyl groups excluding tert-OH is 1. The standard InChI is InChI=1S/C23H30N2O2/c1-18(2)23(27)25(20-11-7-4-8-12-20)21-13-15-24(16-14-21)17-22(26)19-9-5-3-6-10-19/h3-12,18,21-22,26H,13-17H2,1-2H3. The highest BCUT2D eigenvalue weighted by atomic mass is 16.3. The SMILES string of the molecule is CC(C)C(=O)N(c1ccccc1)C1CCN(CC(O)c2ccccc2)CC1. The highest BCUT2D eigenvalue weighted by Crippen LogP contribution is 2.26. The van der Waals surface area contributed by atoms with Crippen LogP contribution in [-0.2, 0) is 4.79 Å². The van der Waals surface area contributed by atoms with E-state index in [1.165, 1.54) is 0 Å². The third kappa shape index (κ3) is 4.96. The zero-order chi connectivity index (χ0) is 19.2. The number of benzene rings is 2. The maximum atomic E-state index is 12.9. The van der Waals surface area contributed by atoms with Crippen molar-refractivity contribution in [3.63, 3.8) is 0 Å². The molecule has 1 aliphatic rings. The van der Waals surface area contributed by atoms with Gasteiger partial charge in [-0.15, -0.1) is 0 Å². The number of carbonyl (C=O) groups is 1. The van der Waals surface area contributed by atoms with Crippen LogP contribution >= 0.6 is 0 Å². The van der Waals surface area contributed by atoms with E-state index in [0.29, 0.717) is 6.54 Å². The fourth-order valence-corrected chi connectivity index (χ4v) is 3.77. The van der Waals surface area contributed by atoms with Crippen LogP contribution in [0.5, 0.6) is 0 Å². The summed E-state index contributed by atoms with van der Waals surface area (Å²) in [5.74, 6) is 0.159. The van der Waals surface area contributed by atoms with Gasteiger partial charge in [-0.1, -0.05) is 62.4 Å². The van der Waals surface area contributed by atoms with Gasteiger partial charge in [0.25, 0.3) is 0 Å². The Bertz CT molecular complexity index is 710. The van der Waals surface area contributed by atoms with Crippen LogP contribution in [0.15, 0.2) is 60.7 Å². The number of anilines is 1. The first-order valence-electron chi connectivity index (χ1n) is 9.89. The molecule has 0 spiro atoms. The molecule has 2 aromatic carbocycles. The number of piperidine rings is 1. The van der Waals surface area contributed by atoms with Gasteiger partial charge in [-0.25, -0.2) is 0 Å². The predicted octanol–water partition coefficient (Wildman–Crippen LogP) is 3.87. The van der Waals surface area contributed by atoms with E-state index in [4.69, 9.17) is 0 Å². The number of para-hydroxylation sites is 1. The molecule has 2 aromatic rings. The van der Waals surface area contributed by atoms with Gasteiger partial charge in [-0.3, -0.25) is 4.79 Å². The van der Waals surface area contributed by atoms with Gasteiger partial charge >= 0.3 is 0 Å². The Morgan fingerprint density at radius 1 is 1.04 bits per heavy atom. The van der Waals surface area contributed by atoms with Crippen LogP contribution < -0.4 is 4.90 Å². The van der Waals surface area contributed by atoms with Gasteiger partial charge in [-0.05, 0) is 30.5 Å². The Hall–Kier alpha value is -2.17. The lowest BCUT2D eigenvalue weighted by Gasteiger charge is -2.39. The Morgan fingerprint density at radius 3 is 2.15 bits per heavy atom. The Labute approximate surface area is 162 Å². The summed E-state index contributed by atoms with van der Waals surface area (Å²) in [6, 6.07) is 20.0. The third-order valence-corrected chi connectivity index (χ3v) is 5.30. The first-order valence-corrected chi connectivity index (χ1v) is 9.89. The fraction of sp³-hybridized carbons (Fsp3) is 0.435. The number of aliphatic hydroxyl groups is 1. The van der Waals surface area contributed by atoms with Gasteiger partial charge in [0.1, 0.15) is 0 Å². The minimum atomic E-state index is -0.467. The number of β-amino-alcohol motifs (C(OH)–C–C–N with tert-alkyl or cyclic N) is 1. The van der Waals surface area contributed by atoms with Crippen LogP contribution in [0.1, 0.15) is 38.4 Å². The van der Waals surface area contributed by atoms with Crippen molar-refractivity contribution in [2.45, 2.75) is 38.8 Å². The van der Waals surface area contributed by atoms with Crippen LogP contribution in [0.2, 0.25) is 0 Å². The third-order valence-electron chi connectivity index (χ3n) is 5.30. The minimum absolute atomic E-state index is 0.0249. The Balaban J connectivity index is 1.63. The summed E-state index contributed by atoms with van der Waals surface area (Å²) < 4.78 is 0. The molecule has 0 aromatic heterocycles. The smallest absolute Gasteiger partial charge is 0.229 e. The largest absolute Gasteiger partial charge is 0.387 e. The van der Waals surface area contributed by atoms with Crippen LogP contribution in [0.3, 0.4) is 0 Å². The maximum absolute atomic E-state index is 12.9. The molecular weight excluding hydrogens is 336 g/mol. The zero-order valence-corrected chi connectivity index (χ0v) is 16.3. The van der Waals surface area contributed by atoms with E-state index in [9.17, 15) is 9.90 Å². The van der Waals surface area contributed by atoms with Crippen molar-refractivity contribution in [3.05, 3.63) is 66.2 Å². The Morgan fingerprint density at radius 2 is 1.59 bits per heavy atom. The predicted molar refractivity (Wildman–Crippen MR) is 110 cm³/mol. The van der Waals surface area contributed by atoms with Crippen molar-refractivity contribution in [1.82, 2.24) is 4.90 Å². The highest BCUT2D eigenvalue weighted by Gasteiger charge is 2.30. The zero-order valence-electron chi connectivity index (χ0n) is 16.3. The second kappa shape index (κ2) is 9.16. The first-order chi connectivity index (χ1) is 13.1. The van der Waals surface area contributed by atoms with Gasteiger partial charge in [0.15, 0.2) is 0 Å². The van der Waals surface area contributed by atoms with Crippen LogP contribution in [0, 0.1) is 5.92 Å². The van der Waals surface area contributed by atoms with E-state index in [1.807, 2.05) is 79.4 Å². The van der Waals surface area contributed by atoms with Crippen LogP contribution in [0.4, 0.5) is 5.69 Å². The number of hydrogen-bond donors (Lipinski definition) is 1. The minimum Gasteiger partial charge on any atom is -0.387 e. The normalized spacial score (nSPS) is 17.0. The maximum Gasteiger partial charge on any atom is 0.229 e. The number of nitrogens with zero attached hydrogens (tertiary/aromatic N) is 2. The summed E-state index contributed by atoms with van der Waals surface area (Å²) >= 11 is 0. The molecule has 0 bridgehead atoms. The second-order valence-corrected chi connectivity index (χ2v) is 7.66. The number of hydrogen-bond acceptors (Lipinski definition) is 3. The van der Waals surface area contributed by atoms with Gasteiger partial charge in [0.2, 0.25) is 5.91 Å². The van der Waals surface area contributed by atoms with Crippen molar-refractivity contribution in [2.75, 3.05) is 24.5 Å². The monoisotopic (exact) mass is 366 g/mol. The number of amides is 1. The van der Waals surface area contributed by atoms with Gasteiger partial charge < -0.3 is 14.9 Å². The molecule has 1 N–H and O–H groups in total. The second-order valence-electron chi connectivity index (χ2n) is 7.66. The fourth-order valence-electron chi connectivity index (χ4n) is 3.77. The lowest BCUT2D eigenvalue weighted by atomic mass is 9.99. The molecule has 1 heterocycles. The Kier molecular flexibility index (Phi) is 6.64. The van der Waals surface area contributed by atoms with E-state index < -0.39 is 6.10 Å². The molecule has 1 fully saturated rings. The summed E-state index contributed by atoms with van der Waals surface area (Å²) in [4.78, 5) is 17.2. The number of likely N-dealkylation sites (tertiary alicyclic amines) is 1. The summed E-state index contributed by atoms with van der Waals surface area (Å²) in [6.07, 6.45) is 1.38. The molecule has 0 aliphatic carbocycles. The first kappa shape index (κ1) is 19.6. The molecule has 3 rings (SSSR count). The van der Waals surface area contributed by atoms with Crippen molar-refractivity contribution in [1.29, 1.82) is 0 Å². The van der Waals surface area contributed by atoms with E-state index in [-0.39, 0.29) is 17.9 Å². The van der Waals surface area contributed by atoms with E-state index >= 15 is 0 Å². The highest BCUT2D eigenvalue weighted by molar-refractivity contribution is 5.95. The lowest BCUT2D eigenvalue weighted by molar-refractivity contribution is -0.122. The van der Waals surface area contributed by atoms with Crippen molar-refractivity contribution in [2.24, 2.45) is 5.92 Å². The van der Waals surface area contributed by atoms with Crippen LogP contribution in [0.25, 0.3) is 0 Å². The molecular formula is C23H30N2O2. The van der Waals surface area contributed by atoms with E-state index in [0.717, 1.165) is 37.2 Å². The molecule has 0 saturated carbocycles. The van der Waals surface area contributed by atoms with Crippen molar-refractivity contribution >= 4 is 11.6 Å². The number of rotatable bonds is 6. The molecule has 1 amide bonds. The lowest BCUT2D eigenvalue weighted by Crippen LogP contribution is -2.49. The van der Waals surface area contributed by atoms with Crippen molar-refractivity contribution in [3.8, 4) is 0 Å². The number of carbonyl (C=O) groups excluding carboxylic acids is 1. The molecule has 27 heavy (non-hydrogen) atoms. The summed E-state index contributed by atoms with van der Waals surface area (Å²) in [5.41, 5.74) is 1.94. The van der Waals surface area contributed by atoms with Gasteiger partial charge in [-0.2, -0.15) is 0 Å². The topological polar surface area (TPSA) is 43.8 Å². The molecule has 1 unspecified atom stereocenters. The van der Waals surface area contributed by atoms with E-state index in [1.54, 1.807) is 0 Å². The van der Waals surface area contributed by atoms with Gasteiger partial charge in [0, 0.05) is 37.3 Å². The quantitative estimate of drug-likeness (QED) is 0.844. The van der Waals surface area contributed by atoms with Crippen molar-refractivity contribution < 1.29 is 9.90 Å². The average molecular weight is 367 g/mol. The van der Waals surface area contributed by atoms with E-state index in [2.05, 4.69) is 4.90 Å². The molecule has 0 radical (unpaired) electrons. The molecule has 1 saturated heterocycles. The molecule has 4 nitrogen and oxygen atoms in total. The van der Waals surface area contributed by atoms with Gasteiger partial charge in [0.05, 0.1) is 6.10 Å². The summed E-state index contributed by atoms with van der Waals surface area (Å²) in [5, 5.41) is 10.5. The van der Waals surface area contributed by atoms with Crippen LogP contribution in [-0.4, -0.2) is 41.6 Å². The molecule has 4 heteroatoms. The summed E-state index contributed by atoms with van der Waals surface area (Å²) in [7, 11) is 0. The molecule has 144 valence electrons.